The lowest BCUT2D eigenvalue weighted by molar-refractivity contribution is 0.0152. The molecule has 0 aliphatic carbocycles. The Balaban J connectivity index is 2.73. The summed E-state index contributed by atoms with van der Waals surface area (Å²) in [5, 5.41) is 20.9. The maximum atomic E-state index is 11.0. The number of ketones is 1. The SMILES string of the molecule is CC(=O)c1cc(C(O)C(O)CCN)cs1. The highest BCUT2D eigenvalue weighted by atomic mass is 32.1. The number of carbonyl (C=O) groups is 1. The molecule has 0 fully saturated rings. The maximum absolute atomic E-state index is 11.0. The zero-order valence-electron chi connectivity index (χ0n) is 8.51. The summed E-state index contributed by atoms with van der Waals surface area (Å²) in [5.74, 6) is -0.0354. The number of Topliss-reactive ketones (excluding diaryl/α,β-unsaturated/α-hetero) is 1. The quantitative estimate of drug-likeness (QED) is 0.649. The molecule has 0 spiro atoms. The summed E-state index contributed by atoms with van der Waals surface area (Å²) in [6.45, 7) is 1.79. The van der Waals surface area contributed by atoms with Crippen molar-refractivity contribution in [3.8, 4) is 0 Å². The van der Waals surface area contributed by atoms with Crippen molar-refractivity contribution in [1.82, 2.24) is 0 Å². The largest absolute Gasteiger partial charge is 0.390 e. The lowest BCUT2D eigenvalue weighted by atomic mass is 10.0. The van der Waals surface area contributed by atoms with Crippen LogP contribution >= 0.6 is 11.3 Å². The van der Waals surface area contributed by atoms with E-state index < -0.39 is 12.2 Å². The highest BCUT2D eigenvalue weighted by molar-refractivity contribution is 7.12. The van der Waals surface area contributed by atoms with E-state index in [9.17, 15) is 15.0 Å². The van der Waals surface area contributed by atoms with Crippen LogP contribution in [0.4, 0.5) is 0 Å². The molecule has 4 N–H and O–H groups in total. The van der Waals surface area contributed by atoms with Crippen LogP contribution in [-0.4, -0.2) is 28.6 Å². The van der Waals surface area contributed by atoms with E-state index in [4.69, 9.17) is 5.73 Å². The first kappa shape index (κ1) is 12.3. The molecule has 0 aromatic carbocycles. The first-order chi connectivity index (χ1) is 7.06. The Hall–Kier alpha value is -0.750. The number of aliphatic hydroxyl groups excluding tert-OH is 2. The van der Waals surface area contributed by atoms with Gasteiger partial charge < -0.3 is 15.9 Å². The van der Waals surface area contributed by atoms with E-state index in [1.807, 2.05) is 0 Å². The molecule has 1 heterocycles. The summed E-state index contributed by atoms with van der Waals surface area (Å²) in [4.78, 5) is 11.6. The first-order valence-electron chi connectivity index (χ1n) is 4.71. The Morgan fingerprint density at radius 3 is 2.73 bits per heavy atom. The summed E-state index contributed by atoms with van der Waals surface area (Å²) < 4.78 is 0. The highest BCUT2D eigenvalue weighted by Crippen LogP contribution is 2.24. The fourth-order valence-corrected chi connectivity index (χ4v) is 2.08. The van der Waals surface area contributed by atoms with Gasteiger partial charge in [-0.15, -0.1) is 11.3 Å². The van der Waals surface area contributed by atoms with Gasteiger partial charge in [0, 0.05) is 0 Å². The second-order valence-electron chi connectivity index (χ2n) is 3.39. The molecule has 15 heavy (non-hydrogen) atoms. The fraction of sp³-hybridized carbons (Fsp3) is 0.500. The van der Waals surface area contributed by atoms with E-state index in [0.29, 0.717) is 23.4 Å². The van der Waals surface area contributed by atoms with Gasteiger partial charge >= 0.3 is 0 Å². The van der Waals surface area contributed by atoms with Gasteiger partial charge in [-0.1, -0.05) is 0 Å². The van der Waals surface area contributed by atoms with Crippen molar-refractivity contribution in [1.29, 1.82) is 0 Å². The topological polar surface area (TPSA) is 83.5 Å². The molecular weight excluding hydrogens is 214 g/mol. The lowest BCUT2D eigenvalue weighted by Gasteiger charge is -2.15. The van der Waals surface area contributed by atoms with Crippen molar-refractivity contribution in [3.63, 3.8) is 0 Å². The Bertz CT molecular complexity index is 337. The molecule has 0 aliphatic rings. The van der Waals surface area contributed by atoms with Crippen LogP contribution in [0, 0.1) is 0 Å². The van der Waals surface area contributed by atoms with Crippen LogP contribution in [0.1, 0.15) is 34.7 Å². The van der Waals surface area contributed by atoms with Crippen molar-refractivity contribution < 1.29 is 15.0 Å². The minimum atomic E-state index is -0.960. The van der Waals surface area contributed by atoms with Gasteiger partial charge in [-0.3, -0.25) is 4.79 Å². The molecule has 0 saturated heterocycles. The van der Waals surface area contributed by atoms with Crippen LogP contribution in [0.15, 0.2) is 11.4 Å². The number of aliphatic hydroxyl groups is 2. The Kier molecular flexibility index (Phi) is 4.41. The summed E-state index contributed by atoms with van der Waals surface area (Å²) in [6, 6.07) is 1.61. The van der Waals surface area contributed by atoms with Gasteiger partial charge in [-0.2, -0.15) is 0 Å². The van der Waals surface area contributed by atoms with Gasteiger partial charge in [0.25, 0.3) is 0 Å². The average Bonchev–Trinajstić information content (AvgIpc) is 2.65. The van der Waals surface area contributed by atoms with Crippen molar-refractivity contribution in [2.75, 3.05) is 6.54 Å². The monoisotopic (exact) mass is 229 g/mol. The second kappa shape index (κ2) is 5.37. The predicted octanol–water partition coefficient (Wildman–Crippen LogP) is 0.694. The molecule has 1 aromatic heterocycles. The molecule has 0 radical (unpaired) electrons. The predicted molar refractivity (Wildman–Crippen MR) is 59.0 cm³/mol. The van der Waals surface area contributed by atoms with E-state index in [0.717, 1.165) is 0 Å². The minimum absolute atomic E-state index is 0.0354. The summed E-state index contributed by atoms with van der Waals surface area (Å²) >= 11 is 1.27. The zero-order chi connectivity index (χ0) is 11.4. The number of nitrogens with two attached hydrogens (primary N) is 1. The van der Waals surface area contributed by atoms with Gasteiger partial charge in [0.05, 0.1) is 11.0 Å². The van der Waals surface area contributed by atoms with E-state index in [2.05, 4.69) is 0 Å². The summed E-state index contributed by atoms with van der Waals surface area (Å²) in [7, 11) is 0. The van der Waals surface area contributed by atoms with Crippen LogP contribution in [0.25, 0.3) is 0 Å². The van der Waals surface area contributed by atoms with Crippen molar-refractivity contribution in [2.24, 2.45) is 5.73 Å². The zero-order valence-corrected chi connectivity index (χ0v) is 9.33. The molecule has 84 valence electrons. The number of thiophene rings is 1. The average molecular weight is 229 g/mol. The molecule has 0 aliphatic heterocycles. The van der Waals surface area contributed by atoms with Gasteiger partial charge in [-0.05, 0) is 36.9 Å². The van der Waals surface area contributed by atoms with Crippen molar-refractivity contribution in [2.45, 2.75) is 25.6 Å². The van der Waals surface area contributed by atoms with Gasteiger partial charge in [0.2, 0.25) is 0 Å². The fourth-order valence-electron chi connectivity index (χ4n) is 1.24. The van der Waals surface area contributed by atoms with E-state index >= 15 is 0 Å². The van der Waals surface area contributed by atoms with E-state index in [1.165, 1.54) is 18.3 Å². The smallest absolute Gasteiger partial charge is 0.169 e. The molecule has 4 nitrogen and oxygen atoms in total. The lowest BCUT2D eigenvalue weighted by Crippen LogP contribution is -2.21. The van der Waals surface area contributed by atoms with E-state index in [1.54, 1.807) is 11.4 Å². The van der Waals surface area contributed by atoms with Gasteiger partial charge in [0.15, 0.2) is 5.78 Å². The third kappa shape index (κ3) is 3.10. The van der Waals surface area contributed by atoms with Crippen LogP contribution in [0.5, 0.6) is 0 Å². The minimum Gasteiger partial charge on any atom is -0.390 e. The highest BCUT2D eigenvalue weighted by Gasteiger charge is 2.19. The molecule has 1 rings (SSSR count). The molecule has 0 saturated carbocycles. The van der Waals surface area contributed by atoms with Crippen molar-refractivity contribution >= 4 is 17.1 Å². The maximum Gasteiger partial charge on any atom is 0.169 e. The number of rotatable bonds is 5. The third-order valence-electron chi connectivity index (χ3n) is 2.14. The molecule has 1 aromatic rings. The van der Waals surface area contributed by atoms with Crippen LogP contribution < -0.4 is 5.73 Å². The molecular formula is C10H15NO3S. The Morgan fingerprint density at radius 1 is 1.60 bits per heavy atom. The number of hydrogen-bond donors (Lipinski definition) is 3. The molecule has 2 unspecified atom stereocenters. The number of carbonyl (C=O) groups excluding carboxylic acids is 1. The Labute approximate surface area is 92.4 Å². The molecule has 2 atom stereocenters. The number of hydrogen-bond acceptors (Lipinski definition) is 5. The first-order valence-corrected chi connectivity index (χ1v) is 5.59. The van der Waals surface area contributed by atoms with Gasteiger partial charge in [0.1, 0.15) is 6.10 Å². The Morgan fingerprint density at radius 2 is 2.27 bits per heavy atom. The summed E-state index contributed by atoms with van der Waals surface area (Å²) in [6.07, 6.45) is -1.49. The van der Waals surface area contributed by atoms with Crippen LogP contribution in [-0.2, 0) is 0 Å². The standard InChI is InChI=1S/C10H15NO3S/c1-6(12)9-4-7(5-15-9)10(14)8(13)2-3-11/h4-5,8,10,13-14H,2-3,11H2,1H3. The normalized spacial score (nSPS) is 14.9. The molecule has 0 bridgehead atoms. The molecule has 0 amide bonds. The second-order valence-corrected chi connectivity index (χ2v) is 4.30. The van der Waals surface area contributed by atoms with Gasteiger partial charge in [-0.25, -0.2) is 0 Å². The van der Waals surface area contributed by atoms with Crippen LogP contribution in [0.2, 0.25) is 0 Å². The van der Waals surface area contributed by atoms with Crippen LogP contribution in [0.3, 0.4) is 0 Å². The third-order valence-corrected chi connectivity index (χ3v) is 3.18. The van der Waals surface area contributed by atoms with E-state index in [-0.39, 0.29) is 5.78 Å². The molecule has 5 heteroatoms. The summed E-state index contributed by atoms with van der Waals surface area (Å²) in [5.41, 5.74) is 5.85. The van der Waals surface area contributed by atoms with Crippen molar-refractivity contribution in [3.05, 3.63) is 21.9 Å².